The Labute approximate surface area is 155 Å². The molecule has 0 bridgehead atoms. The van der Waals surface area contributed by atoms with Gasteiger partial charge in [0, 0.05) is 19.7 Å². The van der Waals surface area contributed by atoms with Gasteiger partial charge < -0.3 is 25.2 Å². The summed E-state index contributed by atoms with van der Waals surface area (Å²) >= 11 is 1.57. The number of unbranched alkanes of at least 4 members (excludes halogenated alkanes) is 1. The fourth-order valence-corrected chi connectivity index (χ4v) is 2.83. The van der Waals surface area contributed by atoms with E-state index < -0.39 is 5.60 Å². The maximum Gasteiger partial charge on any atom is 0.191 e. The maximum absolute atomic E-state index is 10.5. The average Bonchev–Trinajstić information content (AvgIpc) is 3.13. The van der Waals surface area contributed by atoms with Crippen LogP contribution in [0.4, 0.5) is 0 Å². The monoisotopic (exact) mass is 371 g/mol. The van der Waals surface area contributed by atoms with E-state index in [0.717, 1.165) is 31.6 Å². The number of ether oxygens (including phenoxy) is 2. The first-order valence-corrected chi connectivity index (χ1v) is 9.97. The minimum atomic E-state index is -0.964. The number of aliphatic imine (C=N–C) groups is 1. The first kappa shape index (κ1) is 21.9. The third-order valence-corrected chi connectivity index (χ3v) is 4.27. The third kappa shape index (κ3) is 9.79. The molecule has 1 aromatic rings. The first-order valence-electron chi connectivity index (χ1n) is 9.03. The van der Waals surface area contributed by atoms with Gasteiger partial charge in [0.15, 0.2) is 5.96 Å². The quantitative estimate of drug-likeness (QED) is 0.282. The van der Waals surface area contributed by atoms with Crippen LogP contribution in [0, 0.1) is 0 Å². The predicted molar refractivity (Wildman–Crippen MR) is 104 cm³/mol. The molecule has 0 aromatic carbocycles. The van der Waals surface area contributed by atoms with E-state index in [1.807, 2.05) is 23.8 Å². The Morgan fingerprint density at radius 3 is 2.60 bits per heavy atom. The van der Waals surface area contributed by atoms with E-state index in [1.165, 1.54) is 0 Å². The number of hydrogen-bond donors (Lipinski definition) is 3. The van der Waals surface area contributed by atoms with E-state index in [-0.39, 0.29) is 0 Å². The van der Waals surface area contributed by atoms with Gasteiger partial charge in [-0.2, -0.15) is 11.3 Å². The van der Waals surface area contributed by atoms with E-state index >= 15 is 0 Å². The lowest BCUT2D eigenvalue weighted by Crippen LogP contribution is -2.40. The van der Waals surface area contributed by atoms with Crippen molar-refractivity contribution in [3.63, 3.8) is 0 Å². The standard InChI is InChI=1S/C18H33N3O3S/c1-4-6-9-23-11-12-24-10-8-20-17(19-5-2)21-15-18(3,22)16-7-13-25-14-16/h7,13-14,22H,4-6,8-12,15H2,1-3H3,(H2,19,20,21). The molecule has 0 amide bonds. The van der Waals surface area contributed by atoms with Gasteiger partial charge in [-0.3, -0.25) is 0 Å². The second-order valence-corrected chi connectivity index (χ2v) is 6.77. The van der Waals surface area contributed by atoms with E-state index in [4.69, 9.17) is 9.47 Å². The smallest absolute Gasteiger partial charge is 0.191 e. The molecule has 1 heterocycles. The summed E-state index contributed by atoms with van der Waals surface area (Å²) in [5, 5.41) is 20.8. The number of aliphatic hydroxyl groups is 1. The summed E-state index contributed by atoms with van der Waals surface area (Å²) in [5.74, 6) is 0.681. The Morgan fingerprint density at radius 1 is 1.20 bits per heavy atom. The van der Waals surface area contributed by atoms with E-state index in [1.54, 1.807) is 18.3 Å². The second kappa shape index (κ2) is 13.1. The Balaban J connectivity index is 2.25. The molecule has 3 N–H and O–H groups in total. The Kier molecular flexibility index (Phi) is 11.5. The molecule has 0 aliphatic rings. The Hall–Kier alpha value is -1.15. The largest absolute Gasteiger partial charge is 0.383 e. The number of nitrogens with one attached hydrogen (secondary N) is 2. The first-order chi connectivity index (χ1) is 12.1. The van der Waals surface area contributed by atoms with Gasteiger partial charge in [-0.1, -0.05) is 13.3 Å². The van der Waals surface area contributed by atoms with Crippen molar-refractivity contribution in [1.82, 2.24) is 10.6 Å². The lowest BCUT2D eigenvalue weighted by atomic mass is 10.00. The number of guanidine groups is 1. The van der Waals surface area contributed by atoms with Crippen LogP contribution in [0.2, 0.25) is 0 Å². The molecule has 6 nitrogen and oxygen atoms in total. The number of nitrogens with zero attached hydrogens (tertiary/aromatic N) is 1. The molecule has 0 spiro atoms. The second-order valence-electron chi connectivity index (χ2n) is 5.99. The minimum absolute atomic E-state index is 0.297. The predicted octanol–water partition coefficient (Wildman–Crippen LogP) is 2.34. The normalized spacial score (nSPS) is 14.3. The molecule has 144 valence electrons. The summed E-state index contributed by atoms with van der Waals surface area (Å²) in [5.41, 5.74) is -0.0715. The van der Waals surface area contributed by atoms with Crippen LogP contribution in [0.15, 0.2) is 21.8 Å². The van der Waals surface area contributed by atoms with Crippen LogP contribution in [-0.4, -0.2) is 57.1 Å². The zero-order valence-corrected chi connectivity index (χ0v) is 16.5. The summed E-state index contributed by atoms with van der Waals surface area (Å²) in [4.78, 5) is 4.48. The molecule has 1 aromatic heterocycles. The molecular formula is C18H33N3O3S. The highest BCUT2D eigenvalue weighted by atomic mass is 32.1. The van der Waals surface area contributed by atoms with Crippen molar-refractivity contribution >= 4 is 17.3 Å². The maximum atomic E-state index is 10.5. The van der Waals surface area contributed by atoms with Crippen molar-refractivity contribution < 1.29 is 14.6 Å². The highest BCUT2D eigenvalue weighted by molar-refractivity contribution is 7.08. The van der Waals surface area contributed by atoms with Gasteiger partial charge in [0.05, 0.1) is 26.4 Å². The van der Waals surface area contributed by atoms with Crippen LogP contribution in [0.5, 0.6) is 0 Å². The van der Waals surface area contributed by atoms with Crippen molar-refractivity contribution in [3.05, 3.63) is 22.4 Å². The molecule has 0 saturated carbocycles. The third-order valence-electron chi connectivity index (χ3n) is 3.59. The van der Waals surface area contributed by atoms with Crippen molar-refractivity contribution in [2.24, 2.45) is 4.99 Å². The highest BCUT2D eigenvalue weighted by Gasteiger charge is 2.23. The number of hydrogen-bond acceptors (Lipinski definition) is 5. The van der Waals surface area contributed by atoms with E-state index in [9.17, 15) is 5.11 Å². The van der Waals surface area contributed by atoms with Crippen LogP contribution in [-0.2, 0) is 15.1 Å². The Bertz CT molecular complexity index is 464. The summed E-state index contributed by atoms with van der Waals surface area (Å²) in [7, 11) is 0. The van der Waals surface area contributed by atoms with Crippen molar-refractivity contribution in [1.29, 1.82) is 0 Å². The topological polar surface area (TPSA) is 75.1 Å². The number of rotatable bonds is 13. The average molecular weight is 372 g/mol. The molecular weight excluding hydrogens is 338 g/mol. The molecule has 0 aliphatic heterocycles. The van der Waals surface area contributed by atoms with Crippen molar-refractivity contribution in [2.45, 2.75) is 39.2 Å². The Morgan fingerprint density at radius 2 is 1.96 bits per heavy atom. The lowest BCUT2D eigenvalue weighted by molar-refractivity contribution is 0.0486. The van der Waals surface area contributed by atoms with Crippen LogP contribution in [0.25, 0.3) is 0 Å². The van der Waals surface area contributed by atoms with Gasteiger partial charge in [0.25, 0.3) is 0 Å². The molecule has 0 radical (unpaired) electrons. The van der Waals surface area contributed by atoms with Crippen molar-refractivity contribution in [3.8, 4) is 0 Å². The van der Waals surface area contributed by atoms with E-state index in [0.29, 0.717) is 38.9 Å². The molecule has 1 rings (SSSR count). The van der Waals surface area contributed by atoms with Gasteiger partial charge in [-0.15, -0.1) is 0 Å². The summed E-state index contributed by atoms with van der Waals surface area (Å²) < 4.78 is 11.0. The molecule has 0 aliphatic carbocycles. The highest BCUT2D eigenvalue weighted by Crippen LogP contribution is 2.23. The summed E-state index contributed by atoms with van der Waals surface area (Å²) in [6.07, 6.45) is 2.25. The van der Waals surface area contributed by atoms with Crippen LogP contribution in [0.1, 0.15) is 39.2 Å². The molecule has 0 fully saturated rings. The zero-order chi connectivity index (χ0) is 18.4. The lowest BCUT2D eigenvalue weighted by Gasteiger charge is -2.21. The van der Waals surface area contributed by atoms with Gasteiger partial charge in [-0.25, -0.2) is 4.99 Å². The molecule has 0 saturated heterocycles. The number of thiophene rings is 1. The van der Waals surface area contributed by atoms with Gasteiger partial charge in [-0.05, 0) is 42.7 Å². The summed E-state index contributed by atoms with van der Waals surface area (Å²) in [6, 6.07) is 1.93. The zero-order valence-electron chi connectivity index (χ0n) is 15.7. The molecule has 1 unspecified atom stereocenters. The molecule has 7 heteroatoms. The SMILES string of the molecule is CCCCOCCOCCNC(=NCC(C)(O)c1ccsc1)NCC. The molecule has 25 heavy (non-hydrogen) atoms. The van der Waals surface area contributed by atoms with Crippen LogP contribution < -0.4 is 10.6 Å². The van der Waals surface area contributed by atoms with Gasteiger partial charge in [0.2, 0.25) is 0 Å². The van der Waals surface area contributed by atoms with E-state index in [2.05, 4.69) is 22.5 Å². The van der Waals surface area contributed by atoms with Crippen molar-refractivity contribution in [2.75, 3.05) is 46.1 Å². The van der Waals surface area contributed by atoms with Crippen LogP contribution in [0.3, 0.4) is 0 Å². The fourth-order valence-electron chi connectivity index (χ4n) is 2.05. The fraction of sp³-hybridized carbons (Fsp3) is 0.722. The molecule has 1 atom stereocenters. The van der Waals surface area contributed by atoms with Gasteiger partial charge in [0.1, 0.15) is 5.60 Å². The minimum Gasteiger partial charge on any atom is -0.383 e. The summed E-state index contributed by atoms with van der Waals surface area (Å²) in [6.45, 7) is 10.3. The van der Waals surface area contributed by atoms with Gasteiger partial charge >= 0.3 is 0 Å². The van der Waals surface area contributed by atoms with Crippen LogP contribution >= 0.6 is 11.3 Å².